The normalized spacial score (nSPS) is 18.8. The fourth-order valence-corrected chi connectivity index (χ4v) is 2.52. The molecule has 0 radical (unpaired) electrons. The van der Waals surface area contributed by atoms with Crippen molar-refractivity contribution in [2.24, 2.45) is 0 Å². The molecule has 0 atom stereocenters. The molecular formula is C14H22N2O4. The maximum absolute atomic E-state index is 11.4. The predicted octanol–water partition coefficient (Wildman–Crippen LogP) is 1.37. The first-order chi connectivity index (χ1) is 9.66. The van der Waals surface area contributed by atoms with E-state index in [4.69, 9.17) is 9.47 Å². The van der Waals surface area contributed by atoms with Crippen LogP contribution in [0.3, 0.4) is 0 Å². The molecule has 20 heavy (non-hydrogen) atoms. The summed E-state index contributed by atoms with van der Waals surface area (Å²) in [6.07, 6.45) is 2.97. The highest BCUT2D eigenvalue weighted by atomic mass is 16.7. The maximum atomic E-state index is 11.4. The monoisotopic (exact) mass is 282 g/mol. The van der Waals surface area contributed by atoms with Gasteiger partial charge in [-0.25, -0.2) is 4.79 Å². The topological polar surface area (TPSA) is 59.1 Å². The van der Waals surface area contributed by atoms with Crippen molar-refractivity contribution in [3.05, 3.63) is 12.3 Å². The highest BCUT2D eigenvalue weighted by Gasteiger charge is 2.20. The van der Waals surface area contributed by atoms with Crippen molar-refractivity contribution in [2.45, 2.75) is 25.7 Å². The molecule has 2 rings (SSSR count). The Hall–Kier alpha value is -1.72. The smallest absolute Gasteiger partial charge is 0.432 e. The van der Waals surface area contributed by atoms with Gasteiger partial charge in [-0.2, -0.15) is 0 Å². The lowest BCUT2D eigenvalue weighted by Gasteiger charge is -2.19. The number of amides is 1. The van der Waals surface area contributed by atoms with Crippen LogP contribution in [0.1, 0.15) is 25.7 Å². The van der Waals surface area contributed by atoms with Crippen molar-refractivity contribution in [3.63, 3.8) is 0 Å². The molecule has 2 aliphatic heterocycles. The molecule has 0 bridgehead atoms. The van der Waals surface area contributed by atoms with E-state index in [1.165, 1.54) is 0 Å². The van der Waals surface area contributed by atoms with Crippen LogP contribution in [-0.4, -0.2) is 61.3 Å². The van der Waals surface area contributed by atoms with Crippen molar-refractivity contribution in [1.29, 1.82) is 0 Å². The second-order valence-corrected chi connectivity index (χ2v) is 5.09. The number of carbonyl (C=O) groups excluding carboxylic acids is 2. The largest absolute Gasteiger partial charge is 0.508 e. The van der Waals surface area contributed by atoms with Crippen LogP contribution in [0.25, 0.3) is 0 Å². The van der Waals surface area contributed by atoms with Crippen LogP contribution in [0.2, 0.25) is 0 Å². The van der Waals surface area contributed by atoms with Gasteiger partial charge in [0.15, 0.2) is 0 Å². The van der Waals surface area contributed by atoms with Crippen molar-refractivity contribution in [3.8, 4) is 0 Å². The van der Waals surface area contributed by atoms with Crippen LogP contribution >= 0.6 is 0 Å². The van der Waals surface area contributed by atoms with Crippen LogP contribution in [0, 0.1) is 0 Å². The Bertz CT molecular complexity index is 349. The molecule has 0 saturated carbocycles. The number of allylic oxidation sites excluding steroid dienone is 1. The zero-order valence-electron chi connectivity index (χ0n) is 11.8. The fourth-order valence-electron chi connectivity index (χ4n) is 2.52. The van der Waals surface area contributed by atoms with Gasteiger partial charge in [0.05, 0.1) is 13.1 Å². The molecule has 0 aromatic rings. The van der Waals surface area contributed by atoms with E-state index in [2.05, 4.69) is 11.5 Å². The molecule has 112 valence electrons. The highest BCUT2D eigenvalue weighted by molar-refractivity contribution is 5.78. The maximum Gasteiger partial charge on any atom is 0.508 e. The lowest BCUT2D eigenvalue weighted by atomic mass is 10.3. The van der Waals surface area contributed by atoms with Gasteiger partial charge < -0.3 is 19.3 Å². The Kier molecular flexibility index (Phi) is 5.26. The minimum atomic E-state index is -0.665. The van der Waals surface area contributed by atoms with Crippen LogP contribution in [0.4, 0.5) is 4.79 Å². The van der Waals surface area contributed by atoms with Gasteiger partial charge in [0, 0.05) is 25.2 Å². The quantitative estimate of drug-likeness (QED) is 0.689. The summed E-state index contributed by atoms with van der Waals surface area (Å²) in [6.45, 7) is 7.31. The van der Waals surface area contributed by atoms with E-state index in [0.717, 1.165) is 38.0 Å². The summed E-state index contributed by atoms with van der Waals surface area (Å²) >= 11 is 0. The molecule has 2 saturated heterocycles. The minimum absolute atomic E-state index is 0.134. The minimum Gasteiger partial charge on any atom is -0.432 e. The van der Waals surface area contributed by atoms with Crippen LogP contribution in [0.5, 0.6) is 0 Å². The van der Waals surface area contributed by atoms with Gasteiger partial charge in [-0.15, -0.1) is 0 Å². The van der Waals surface area contributed by atoms with Gasteiger partial charge in [-0.3, -0.25) is 4.79 Å². The number of hydrogen-bond acceptors (Lipinski definition) is 5. The number of rotatable bonds is 6. The van der Waals surface area contributed by atoms with E-state index in [1.807, 2.05) is 0 Å². The Morgan fingerprint density at radius 2 is 1.65 bits per heavy atom. The second-order valence-electron chi connectivity index (χ2n) is 5.09. The van der Waals surface area contributed by atoms with Gasteiger partial charge in [0.1, 0.15) is 13.2 Å². The van der Waals surface area contributed by atoms with Crippen LogP contribution in [-0.2, 0) is 14.3 Å². The molecule has 6 heteroatoms. The summed E-state index contributed by atoms with van der Waals surface area (Å²) in [5.41, 5.74) is 1.11. The molecule has 1 amide bonds. The number of carbonyl (C=O) groups is 2. The van der Waals surface area contributed by atoms with E-state index in [1.54, 1.807) is 4.90 Å². The molecule has 2 fully saturated rings. The van der Waals surface area contributed by atoms with E-state index in [9.17, 15) is 9.59 Å². The second kappa shape index (κ2) is 7.17. The van der Waals surface area contributed by atoms with Crippen LogP contribution < -0.4 is 0 Å². The average molecular weight is 282 g/mol. The van der Waals surface area contributed by atoms with E-state index in [0.29, 0.717) is 26.1 Å². The van der Waals surface area contributed by atoms with Gasteiger partial charge >= 0.3 is 6.16 Å². The summed E-state index contributed by atoms with van der Waals surface area (Å²) in [5.74, 6) is 0.134. The van der Waals surface area contributed by atoms with Crippen LogP contribution in [0.15, 0.2) is 12.3 Å². The molecule has 0 unspecified atom stereocenters. The SMILES string of the molecule is C=C1CCCN1CCOC(=O)OCCN1CCCC1=O. The summed E-state index contributed by atoms with van der Waals surface area (Å²) in [7, 11) is 0. The first-order valence-electron chi connectivity index (χ1n) is 7.17. The van der Waals surface area contributed by atoms with Crippen molar-refractivity contribution < 1.29 is 19.1 Å². The van der Waals surface area contributed by atoms with Crippen molar-refractivity contribution in [2.75, 3.05) is 39.4 Å². The van der Waals surface area contributed by atoms with Gasteiger partial charge in [0.2, 0.25) is 5.91 Å². The van der Waals surface area contributed by atoms with E-state index < -0.39 is 6.16 Å². The molecule has 0 aromatic heterocycles. The first kappa shape index (κ1) is 14.7. The molecular weight excluding hydrogens is 260 g/mol. The number of hydrogen-bond donors (Lipinski definition) is 0. The summed E-state index contributed by atoms with van der Waals surface area (Å²) in [5, 5.41) is 0. The molecule has 2 heterocycles. The molecule has 0 N–H and O–H groups in total. The third-order valence-corrected chi connectivity index (χ3v) is 3.67. The Morgan fingerprint density at radius 3 is 2.20 bits per heavy atom. The predicted molar refractivity (Wildman–Crippen MR) is 73.1 cm³/mol. The molecule has 0 aliphatic carbocycles. The standard InChI is InChI=1S/C14H22N2O4/c1-12-4-2-6-15(12)8-10-19-14(18)20-11-9-16-7-3-5-13(16)17/h1-11H2. The summed E-state index contributed by atoms with van der Waals surface area (Å²) in [4.78, 5) is 26.5. The summed E-state index contributed by atoms with van der Waals surface area (Å²) in [6, 6.07) is 0. The zero-order chi connectivity index (χ0) is 14.4. The third kappa shape index (κ3) is 4.15. The lowest BCUT2D eigenvalue weighted by molar-refractivity contribution is -0.128. The van der Waals surface area contributed by atoms with Crippen molar-refractivity contribution >= 4 is 12.1 Å². The number of ether oxygens (including phenoxy) is 2. The number of nitrogens with zero attached hydrogens (tertiary/aromatic N) is 2. The molecule has 2 aliphatic rings. The third-order valence-electron chi connectivity index (χ3n) is 3.67. The Morgan fingerprint density at radius 1 is 1.05 bits per heavy atom. The highest BCUT2D eigenvalue weighted by Crippen LogP contribution is 2.17. The molecule has 6 nitrogen and oxygen atoms in total. The molecule has 0 aromatic carbocycles. The van der Waals surface area contributed by atoms with E-state index in [-0.39, 0.29) is 12.5 Å². The van der Waals surface area contributed by atoms with Gasteiger partial charge in [0.25, 0.3) is 0 Å². The lowest BCUT2D eigenvalue weighted by Crippen LogP contribution is -2.29. The first-order valence-corrected chi connectivity index (χ1v) is 7.17. The zero-order valence-corrected chi connectivity index (χ0v) is 11.8. The summed E-state index contributed by atoms with van der Waals surface area (Å²) < 4.78 is 9.94. The van der Waals surface area contributed by atoms with Gasteiger partial charge in [-0.05, 0) is 19.3 Å². The fraction of sp³-hybridized carbons (Fsp3) is 0.714. The van der Waals surface area contributed by atoms with E-state index >= 15 is 0 Å². The Balaban J connectivity index is 1.52. The molecule has 0 spiro atoms. The van der Waals surface area contributed by atoms with Gasteiger partial charge in [-0.1, -0.05) is 6.58 Å². The number of likely N-dealkylation sites (tertiary alicyclic amines) is 2. The van der Waals surface area contributed by atoms with Crippen molar-refractivity contribution in [1.82, 2.24) is 9.80 Å². The average Bonchev–Trinajstić information content (AvgIpc) is 3.00. The Labute approximate surface area is 119 Å².